The number of anilines is 1. The zero-order chi connectivity index (χ0) is 23.6. The van der Waals surface area contributed by atoms with E-state index in [2.05, 4.69) is 5.10 Å². The average Bonchev–Trinajstić information content (AvgIpc) is 3.31. The Labute approximate surface area is 199 Å². The van der Waals surface area contributed by atoms with E-state index in [1.165, 1.54) is 18.2 Å². The molecular weight excluding hydrogens is 457 g/mol. The van der Waals surface area contributed by atoms with Crippen LogP contribution in [0.1, 0.15) is 27.5 Å². The second kappa shape index (κ2) is 7.60. The van der Waals surface area contributed by atoms with E-state index in [0.29, 0.717) is 10.6 Å². The van der Waals surface area contributed by atoms with Gasteiger partial charge in [0.15, 0.2) is 5.78 Å². The number of hydrazone groups is 1. The molecule has 4 atom stereocenters. The highest BCUT2D eigenvalue weighted by Crippen LogP contribution is 2.53. The van der Waals surface area contributed by atoms with E-state index in [1.54, 1.807) is 35.5 Å². The third-order valence-corrected chi connectivity index (χ3v) is 7.01. The first kappa shape index (κ1) is 20.7. The van der Waals surface area contributed by atoms with Gasteiger partial charge in [0, 0.05) is 10.6 Å². The van der Waals surface area contributed by atoms with Crippen LogP contribution in [0.4, 0.5) is 10.1 Å². The number of fused-ring (bicyclic) bond motifs is 5. The Hall–Kier alpha value is -3.84. The van der Waals surface area contributed by atoms with Crippen LogP contribution in [-0.4, -0.2) is 34.9 Å². The van der Waals surface area contributed by atoms with Crippen LogP contribution in [0.5, 0.6) is 0 Å². The van der Waals surface area contributed by atoms with Gasteiger partial charge in [-0.3, -0.25) is 19.4 Å². The lowest BCUT2D eigenvalue weighted by Crippen LogP contribution is -2.44. The van der Waals surface area contributed by atoms with Crippen molar-refractivity contribution in [2.24, 2.45) is 16.9 Å². The summed E-state index contributed by atoms with van der Waals surface area (Å²) >= 11 is 5.99. The molecule has 3 aliphatic rings. The molecule has 6 rings (SSSR count). The van der Waals surface area contributed by atoms with Crippen molar-refractivity contribution in [3.8, 4) is 0 Å². The number of amides is 2. The van der Waals surface area contributed by atoms with Crippen LogP contribution in [0, 0.1) is 17.7 Å². The van der Waals surface area contributed by atoms with Gasteiger partial charge in [-0.25, -0.2) is 9.29 Å². The van der Waals surface area contributed by atoms with Crippen molar-refractivity contribution in [1.82, 2.24) is 5.01 Å². The SMILES string of the molecule is O=C(c1ccc(Cl)cc1)[C@@H]1[C@@H]2C(=O)N(c3cccc(F)c3)C(=O)[C@@H]2C2c3ccccc3C=NN21. The number of Topliss-reactive ketones (excluding diaryl/α,β-unsaturated/α-hetero) is 1. The van der Waals surface area contributed by atoms with E-state index in [0.717, 1.165) is 22.1 Å². The van der Waals surface area contributed by atoms with Crippen molar-refractivity contribution < 1.29 is 18.8 Å². The number of carbonyl (C=O) groups excluding carboxylic acids is 3. The second-order valence-corrected chi connectivity index (χ2v) is 8.99. The number of imide groups is 1. The van der Waals surface area contributed by atoms with Crippen LogP contribution in [0.15, 0.2) is 77.9 Å². The normalized spacial score (nSPS) is 24.8. The van der Waals surface area contributed by atoms with E-state index >= 15 is 0 Å². The van der Waals surface area contributed by atoms with Crippen LogP contribution in [0.2, 0.25) is 5.02 Å². The quantitative estimate of drug-likeness (QED) is 0.421. The molecule has 1 unspecified atom stereocenters. The van der Waals surface area contributed by atoms with E-state index in [1.807, 2.05) is 24.3 Å². The summed E-state index contributed by atoms with van der Waals surface area (Å²) in [6, 6.07) is 17.7. The first-order valence-electron chi connectivity index (χ1n) is 10.8. The Morgan fingerprint density at radius 2 is 1.65 bits per heavy atom. The van der Waals surface area contributed by atoms with E-state index < -0.39 is 41.6 Å². The molecule has 3 aliphatic heterocycles. The van der Waals surface area contributed by atoms with Crippen LogP contribution in [0.25, 0.3) is 0 Å². The average molecular weight is 474 g/mol. The van der Waals surface area contributed by atoms with Gasteiger partial charge in [0.25, 0.3) is 0 Å². The van der Waals surface area contributed by atoms with Crippen molar-refractivity contribution in [2.45, 2.75) is 12.1 Å². The Bertz CT molecular complexity index is 1390. The Morgan fingerprint density at radius 1 is 0.912 bits per heavy atom. The van der Waals surface area contributed by atoms with Gasteiger partial charge in [-0.2, -0.15) is 5.10 Å². The van der Waals surface area contributed by atoms with Gasteiger partial charge in [-0.15, -0.1) is 0 Å². The third-order valence-electron chi connectivity index (χ3n) is 6.76. The highest BCUT2D eigenvalue weighted by Gasteiger charge is 2.65. The molecule has 0 radical (unpaired) electrons. The van der Waals surface area contributed by atoms with Gasteiger partial charge in [-0.1, -0.05) is 41.9 Å². The molecule has 0 N–H and O–H groups in total. The Morgan fingerprint density at radius 3 is 2.41 bits per heavy atom. The summed E-state index contributed by atoms with van der Waals surface area (Å²) in [6.45, 7) is 0. The van der Waals surface area contributed by atoms with Crippen molar-refractivity contribution >= 4 is 41.1 Å². The fraction of sp³-hybridized carbons (Fsp3) is 0.154. The number of carbonyl (C=O) groups is 3. The topological polar surface area (TPSA) is 70.0 Å². The molecule has 0 saturated carbocycles. The molecular formula is C26H17ClFN3O3. The molecule has 0 aliphatic carbocycles. The van der Waals surface area contributed by atoms with Crippen molar-refractivity contribution in [1.29, 1.82) is 0 Å². The standard InChI is InChI=1S/C26H17ClFN3O3/c27-16-10-8-14(9-11-16)24(32)23-21-20(22-19-7-2-1-4-15(19)13-29-31(22)23)25(33)30(26(21)34)18-6-3-5-17(28)12-18/h1-13,20-23H/t20-,21+,22?,23-/m0/s1. The minimum Gasteiger partial charge on any atom is -0.292 e. The fourth-order valence-corrected chi connectivity index (χ4v) is 5.45. The third kappa shape index (κ3) is 2.93. The zero-order valence-corrected chi connectivity index (χ0v) is 18.4. The number of rotatable bonds is 3. The zero-order valence-electron chi connectivity index (χ0n) is 17.6. The number of hydrogen-bond acceptors (Lipinski definition) is 5. The minimum absolute atomic E-state index is 0.154. The first-order valence-corrected chi connectivity index (χ1v) is 11.2. The first-order chi connectivity index (χ1) is 16.5. The number of ketones is 1. The molecule has 8 heteroatoms. The van der Waals surface area contributed by atoms with Gasteiger partial charge in [0.1, 0.15) is 11.9 Å². The molecule has 3 aromatic rings. The molecule has 2 saturated heterocycles. The van der Waals surface area contributed by atoms with Gasteiger partial charge in [-0.05, 0) is 53.6 Å². The monoisotopic (exact) mass is 473 g/mol. The van der Waals surface area contributed by atoms with Crippen molar-refractivity contribution in [3.63, 3.8) is 0 Å². The van der Waals surface area contributed by atoms with Crippen LogP contribution >= 0.6 is 11.6 Å². The predicted molar refractivity (Wildman–Crippen MR) is 124 cm³/mol. The molecule has 0 aromatic heterocycles. The van der Waals surface area contributed by atoms with Gasteiger partial charge in [0.05, 0.1) is 29.8 Å². The summed E-state index contributed by atoms with van der Waals surface area (Å²) in [4.78, 5) is 42.1. The largest absolute Gasteiger partial charge is 0.292 e. The lowest BCUT2D eigenvalue weighted by Gasteiger charge is -2.33. The summed E-state index contributed by atoms with van der Waals surface area (Å²) in [5.74, 6) is -3.68. The predicted octanol–water partition coefficient (Wildman–Crippen LogP) is 4.24. The lowest BCUT2D eigenvalue weighted by molar-refractivity contribution is -0.124. The summed E-state index contributed by atoms with van der Waals surface area (Å²) in [5.41, 5.74) is 2.17. The molecule has 0 spiro atoms. The maximum absolute atomic E-state index is 13.9. The second-order valence-electron chi connectivity index (χ2n) is 8.56. The molecule has 2 fully saturated rings. The summed E-state index contributed by atoms with van der Waals surface area (Å²) in [5, 5.41) is 6.59. The van der Waals surface area contributed by atoms with Crippen LogP contribution in [-0.2, 0) is 9.59 Å². The van der Waals surface area contributed by atoms with E-state index in [9.17, 15) is 18.8 Å². The Balaban J connectivity index is 1.50. The van der Waals surface area contributed by atoms with Crippen molar-refractivity contribution in [3.05, 3.63) is 100 Å². The summed E-state index contributed by atoms with van der Waals surface area (Å²) in [7, 11) is 0. The molecule has 168 valence electrons. The number of nitrogens with zero attached hydrogens (tertiary/aromatic N) is 3. The van der Waals surface area contributed by atoms with Crippen molar-refractivity contribution in [2.75, 3.05) is 4.90 Å². The molecule has 6 nitrogen and oxygen atoms in total. The molecule has 3 aromatic carbocycles. The number of benzene rings is 3. The molecule has 0 bridgehead atoms. The van der Waals surface area contributed by atoms with E-state index in [-0.39, 0.29) is 11.5 Å². The Kier molecular flexibility index (Phi) is 4.64. The maximum atomic E-state index is 13.9. The molecule has 2 amide bonds. The number of halogens is 2. The summed E-state index contributed by atoms with van der Waals surface area (Å²) in [6.07, 6.45) is 1.65. The maximum Gasteiger partial charge on any atom is 0.240 e. The van der Waals surface area contributed by atoms with Crippen LogP contribution < -0.4 is 4.90 Å². The van der Waals surface area contributed by atoms with Gasteiger partial charge in [0.2, 0.25) is 11.8 Å². The van der Waals surface area contributed by atoms with Gasteiger partial charge < -0.3 is 0 Å². The van der Waals surface area contributed by atoms with Crippen LogP contribution in [0.3, 0.4) is 0 Å². The summed E-state index contributed by atoms with van der Waals surface area (Å²) < 4.78 is 13.9. The smallest absolute Gasteiger partial charge is 0.240 e. The minimum atomic E-state index is -0.990. The van der Waals surface area contributed by atoms with Gasteiger partial charge >= 0.3 is 0 Å². The molecule has 34 heavy (non-hydrogen) atoms. The lowest BCUT2D eigenvalue weighted by atomic mass is 9.83. The highest BCUT2D eigenvalue weighted by molar-refractivity contribution is 6.30. The fourth-order valence-electron chi connectivity index (χ4n) is 5.32. The number of hydrogen-bond donors (Lipinski definition) is 0. The van der Waals surface area contributed by atoms with E-state index in [4.69, 9.17) is 11.6 Å². The molecule has 3 heterocycles. The highest BCUT2D eigenvalue weighted by atomic mass is 35.5.